The molecule has 1 unspecified atom stereocenters. The summed E-state index contributed by atoms with van der Waals surface area (Å²) >= 11 is 6.09. The lowest BCUT2D eigenvalue weighted by atomic mass is 10.1. The Bertz CT molecular complexity index is 431. The maximum absolute atomic E-state index is 11.0. The quantitative estimate of drug-likeness (QED) is 0.883. The zero-order chi connectivity index (χ0) is 13.0. The molecule has 1 aliphatic rings. The van der Waals surface area contributed by atoms with Gasteiger partial charge in [-0.3, -0.25) is 4.79 Å². The van der Waals surface area contributed by atoms with Gasteiger partial charge >= 0.3 is 0 Å². The molecule has 0 aromatic heterocycles. The number of anilines is 2. The Kier molecular flexibility index (Phi) is 4.44. The van der Waals surface area contributed by atoms with Crippen LogP contribution in [-0.4, -0.2) is 25.7 Å². The lowest BCUT2D eigenvalue weighted by Crippen LogP contribution is -2.14. The standard InChI is InChI=1S/C13H17ClN2O2/c1-9(17)16-13-3-2-11(6-12(13)14)15-7-10-4-5-18-8-10/h2-3,6,10,15H,4-5,7-8H2,1H3,(H,16,17). The highest BCUT2D eigenvalue weighted by molar-refractivity contribution is 6.34. The van der Waals surface area contributed by atoms with E-state index in [4.69, 9.17) is 16.3 Å². The Morgan fingerprint density at radius 1 is 1.56 bits per heavy atom. The molecule has 5 heteroatoms. The van der Waals surface area contributed by atoms with Gasteiger partial charge in [0.1, 0.15) is 0 Å². The maximum Gasteiger partial charge on any atom is 0.221 e. The monoisotopic (exact) mass is 268 g/mol. The number of halogens is 1. The minimum atomic E-state index is -0.124. The van der Waals surface area contributed by atoms with Crippen LogP contribution < -0.4 is 10.6 Å². The second kappa shape index (κ2) is 6.07. The molecule has 98 valence electrons. The second-order valence-electron chi connectivity index (χ2n) is 4.49. The fourth-order valence-electron chi connectivity index (χ4n) is 1.92. The minimum absolute atomic E-state index is 0.124. The average Bonchev–Trinajstić information content (AvgIpc) is 2.82. The zero-order valence-corrected chi connectivity index (χ0v) is 11.1. The van der Waals surface area contributed by atoms with Crippen LogP contribution in [0.4, 0.5) is 11.4 Å². The van der Waals surface area contributed by atoms with Gasteiger partial charge in [0.25, 0.3) is 0 Å². The number of hydrogen-bond acceptors (Lipinski definition) is 3. The molecule has 1 aromatic carbocycles. The molecule has 0 aliphatic carbocycles. The van der Waals surface area contributed by atoms with Crippen LogP contribution in [-0.2, 0) is 9.53 Å². The summed E-state index contributed by atoms with van der Waals surface area (Å²) in [6.45, 7) is 4.03. The molecule has 1 fully saturated rings. The molecule has 0 spiro atoms. The van der Waals surface area contributed by atoms with Crippen molar-refractivity contribution in [3.63, 3.8) is 0 Å². The molecule has 1 atom stereocenters. The van der Waals surface area contributed by atoms with Gasteiger partial charge in [0, 0.05) is 31.7 Å². The zero-order valence-electron chi connectivity index (χ0n) is 10.3. The van der Waals surface area contributed by atoms with E-state index < -0.39 is 0 Å². The van der Waals surface area contributed by atoms with Crippen molar-refractivity contribution in [2.75, 3.05) is 30.4 Å². The van der Waals surface area contributed by atoms with Gasteiger partial charge in [-0.1, -0.05) is 11.6 Å². The highest BCUT2D eigenvalue weighted by Crippen LogP contribution is 2.26. The fraction of sp³-hybridized carbons (Fsp3) is 0.462. The predicted molar refractivity (Wildman–Crippen MR) is 73.2 cm³/mol. The number of carbonyl (C=O) groups is 1. The molecule has 1 amide bonds. The molecule has 1 heterocycles. The van der Waals surface area contributed by atoms with Gasteiger partial charge < -0.3 is 15.4 Å². The lowest BCUT2D eigenvalue weighted by Gasteiger charge is -2.12. The molecule has 0 saturated carbocycles. The molecule has 1 saturated heterocycles. The van der Waals surface area contributed by atoms with Crippen molar-refractivity contribution in [1.29, 1.82) is 0 Å². The number of carbonyl (C=O) groups excluding carboxylic acids is 1. The Balaban J connectivity index is 1.93. The van der Waals surface area contributed by atoms with Gasteiger partial charge in [-0.15, -0.1) is 0 Å². The van der Waals surface area contributed by atoms with Gasteiger partial charge in [0.05, 0.1) is 17.3 Å². The SMILES string of the molecule is CC(=O)Nc1ccc(NCC2CCOC2)cc1Cl. The first-order valence-electron chi connectivity index (χ1n) is 6.04. The Labute approximate surface area is 112 Å². The summed E-state index contributed by atoms with van der Waals surface area (Å²) in [4.78, 5) is 11.0. The normalized spacial score (nSPS) is 18.7. The van der Waals surface area contributed by atoms with Crippen LogP contribution in [0.5, 0.6) is 0 Å². The first kappa shape index (κ1) is 13.2. The van der Waals surface area contributed by atoms with Crippen molar-refractivity contribution in [2.24, 2.45) is 5.92 Å². The summed E-state index contributed by atoms with van der Waals surface area (Å²) in [6.07, 6.45) is 1.10. The summed E-state index contributed by atoms with van der Waals surface area (Å²) in [5.74, 6) is 0.444. The fourth-order valence-corrected chi connectivity index (χ4v) is 2.15. The number of amides is 1. The lowest BCUT2D eigenvalue weighted by molar-refractivity contribution is -0.114. The van der Waals surface area contributed by atoms with E-state index in [1.165, 1.54) is 6.92 Å². The first-order valence-corrected chi connectivity index (χ1v) is 6.41. The second-order valence-corrected chi connectivity index (χ2v) is 4.89. The van der Waals surface area contributed by atoms with Crippen molar-refractivity contribution < 1.29 is 9.53 Å². The van der Waals surface area contributed by atoms with Crippen LogP contribution in [0.3, 0.4) is 0 Å². The first-order chi connectivity index (χ1) is 8.65. The van der Waals surface area contributed by atoms with E-state index in [1.807, 2.05) is 12.1 Å². The van der Waals surface area contributed by atoms with E-state index in [0.29, 0.717) is 16.6 Å². The number of nitrogens with one attached hydrogen (secondary N) is 2. The molecular formula is C13H17ClN2O2. The third kappa shape index (κ3) is 3.62. The molecular weight excluding hydrogens is 252 g/mol. The van der Waals surface area contributed by atoms with Crippen LogP contribution in [0, 0.1) is 5.92 Å². The largest absolute Gasteiger partial charge is 0.385 e. The number of ether oxygens (including phenoxy) is 1. The number of rotatable bonds is 4. The van der Waals surface area contributed by atoms with Crippen LogP contribution >= 0.6 is 11.6 Å². The maximum atomic E-state index is 11.0. The summed E-state index contributed by atoms with van der Waals surface area (Å²) in [5, 5.41) is 6.55. The molecule has 0 bridgehead atoms. The van der Waals surface area contributed by atoms with Gasteiger partial charge in [-0.05, 0) is 24.6 Å². The summed E-state index contributed by atoms with van der Waals surface area (Å²) in [5.41, 5.74) is 1.60. The third-order valence-corrected chi connectivity index (χ3v) is 3.21. The van der Waals surface area contributed by atoms with E-state index in [2.05, 4.69) is 10.6 Å². The minimum Gasteiger partial charge on any atom is -0.385 e. The van der Waals surface area contributed by atoms with Gasteiger partial charge in [-0.25, -0.2) is 0 Å². The topological polar surface area (TPSA) is 50.4 Å². The van der Waals surface area contributed by atoms with Crippen molar-refractivity contribution >= 4 is 28.9 Å². The van der Waals surface area contributed by atoms with Crippen molar-refractivity contribution in [3.05, 3.63) is 23.2 Å². The molecule has 0 radical (unpaired) electrons. The van der Waals surface area contributed by atoms with Crippen LogP contribution in [0.15, 0.2) is 18.2 Å². The highest BCUT2D eigenvalue weighted by atomic mass is 35.5. The number of benzene rings is 1. The molecule has 1 aromatic rings. The van der Waals surface area contributed by atoms with Gasteiger partial charge in [0.2, 0.25) is 5.91 Å². The summed E-state index contributed by atoms with van der Waals surface area (Å²) < 4.78 is 5.32. The Morgan fingerprint density at radius 2 is 2.39 bits per heavy atom. The molecule has 4 nitrogen and oxygen atoms in total. The number of hydrogen-bond donors (Lipinski definition) is 2. The molecule has 18 heavy (non-hydrogen) atoms. The van der Waals surface area contributed by atoms with Crippen molar-refractivity contribution in [2.45, 2.75) is 13.3 Å². The molecule has 1 aliphatic heterocycles. The van der Waals surface area contributed by atoms with E-state index in [0.717, 1.165) is 31.9 Å². The van der Waals surface area contributed by atoms with Crippen LogP contribution in [0.25, 0.3) is 0 Å². The van der Waals surface area contributed by atoms with E-state index >= 15 is 0 Å². The van der Waals surface area contributed by atoms with E-state index in [9.17, 15) is 4.79 Å². The van der Waals surface area contributed by atoms with Gasteiger partial charge in [-0.2, -0.15) is 0 Å². The van der Waals surface area contributed by atoms with E-state index in [-0.39, 0.29) is 5.91 Å². The highest BCUT2D eigenvalue weighted by Gasteiger charge is 2.15. The molecule has 2 rings (SSSR count). The van der Waals surface area contributed by atoms with Crippen molar-refractivity contribution in [3.8, 4) is 0 Å². The van der Waals surface area contributed by atoms with Crippen LogP contribution in [0.1, 0.15) is 13.3 Å². The Morgan fingerprint density at radius 3 is 3.00 bits per heavy atom. The summed E-state index contributed by atoms with van der Waals surface area (Å²) in [7, 11) is 0. The van der Waals surface area contributed by atoms with Crippen molar-refractivity contribution in [1.82, 2.24) is 0 Å². The third-order valence-electron chi connectivity index (χ3n) is 2.90. The predicted octanol–water partition coefficient (Wildman–Crippen LogP) is 2.75. The van der Waals surface area contributed by atoms with Gasteiger partial charge in [0.15, 0.2) is 0 Å². The average molecular weight is 269 g/mol. The Hall–Kier alpha value is -1.26. The molecule has 2 N–H and O–H groups in total. The van der Waals surface area contributed by atoms with E-state index in [1.54, 1.807) is 6.07 Å². The van der Waals surface area contributed by atoms with Crippen LogP contribution in [0.2, 0.25) is 5.02 Å². The summed E-state index contributed by atoms with van der Waals surface area (Å²) in [6, 6.07) is 5.53. The smallest absolute Gasteiger partial charge is 0.221 e.